The molecule has 0 heterocycles. The van der Waals surface area contributed by atoms with Gasteiger partial charge >= 0.3 is 11.9 Å². The molecule has 1 unspecified atom stereocenters. The lowest BCUT2D eigenvalue weighted by Crippen LogP contribution is -2.36. The van der Waals surface area contributed by atoms with Gasteiger partial charge in [-0.2, -0.15) is 0 Å². The van der Waals surface area contributed by atoms with Crippen LogP contribution in [0.5, 0.6) is 0 Å². The van der Waals surface area contributed by atoms with Crippen molar-refractivity contribution in [2.75, 3.05) is 33.9 Å². The molecule has 0 aliphatic rings. The largest absolute Gasteiger partial charge is 0.481 e. The van der Waals surface area contributed by atoms with Crippen molar-refractivity contribution >= 4 is 17.8 Å². The molecule has 0 rings (SSSR count). The lowest BCUT2D eigenvalue weighted by Gasteiger charge is -2.23. The van der Waals surface area contributed by atoms with Crippen molar-refractivity contribution in [2.24, 2.45) is 5.92 Å². The molecule has 0 saturated carbocycles. The number of esters is 1. The molecule has 0 bridgehead atoms. The summed E-state index contributed by atoms with van der Waals surface area (Å²) in [6, 6.07) is 0. The van der Waals surface area contributed by atoms with Gasteiger partial charge in [0.1, 0.15) is 0 Å². The van der Waals surface area contributed by atoms with Gasteiger partial charge in [0.05, 0.1) is 20.1 Å². The molecule has 0 aromatic carbocycles. The van der Waals surface area contributed by atoms with Crippen molar-refractivity contribution in [3.8, 4) is 0 Å². The number of rotatable bonds is 10. The number of carboxylic acids is 1. The number of aliphatic carboxylic acids is 1. The molecular formula is C13H23NO6. The average Bonchev–Trinajstić information content (AvgIpc) is 2.37. The number of carbonyl (C=O) groups is 3. The number of hydrogen-bond acceptors (Lipinski definition) is 5. The van der Waals surface area contributed by atoms with Crippen LogP contribution in [-0.2, 0) is 23.9 Å². The molecule has 0 aromatic rings. The van der Waals surface area contributed by atoms with E-state index in [0.29, 0.717) is 13.2 Å². The van der Waals surface area contributed by atoms with E-state index in [4.69, 9.17) is 9.84 Å². The van der Waals surface area contributed by atoms with Crippen molar-refractivity contribution in [1.82, 2.24) is 4.90 Å². The average molecular weight is 289 g/mol. The Hall–Kier alpha value is -1.63. The third-order valence-electron chi connectivity index (χ3n) is 2.78. The van der Waals surface area contributed by atoms with Crippen molar-refractivity contribution < 1.29 is 29.0 Å². The van der Waals surface area contributed by atoms with E-state index in [-0.39, 0.29) is 43.6 Å². The summed E-state index contributed by atoms with van der Waals surface area (Å²) in [6.07, 6.45) is 0.192. The molecule has 0 saturated heterocycles. The fourth-order valence-corrected chi connectivity index (χ4v) is 1.69. The first-order chi connectivity index (χ1) is 9.40. The molecule has 0 aliphatic carbocycles. The Labute approximate surface area is 118 Å². The molecule has 1 amide bonds. The van der Waals surface area contributed by atoms with Gasteiger partial charge < -0.3 is 19.5 Å². The minimum absolute atomic E-state index is 0.0547. The van der Waals surface area contributed by atoms with E-state index in [9.17, 15) is 14.4 Å². The van der Waals surface area contributed by atoms with Crippen LogP contribution >= 0.6 is 0 Å². The van der Waals surface area contributed by atoms with E-state index in [2.05, 4.69) is 4.74 Å². The third kappa shape index (κ3) is 8.47. The zero-order valence-corrected chi connectivity index (χ0v) is 12.3. The van der Waals surface area contributed by atoms with Crippen molar-refractivity contribution in [2.45, 2.75) is 26.2 Å². The van der Waals surface area contributed by atoms with E-state index in [1.165, 1.54) is 19.1 Å². The van der Waals surface area contributed by atoms with Crippen LogP contribution in [0, 0.1) is 5.92 Å². The van der Waals surface area contributed by atoms with E-state index in [1.54, 1.807) is 6.92 Å². The summed E-state index contributed by atoms with van der Waals surface area (Å²) in [5, 5.41) is 8.68. The Bertz CT molecular complexity index is 331. The highest BCUT2D eigenvalue weighted by Gasteiger charge is 2.19. The number of hydrogen-bond donors (Lipinski definition) is 1. The van der Waals surface area contributed by atoms with Gasteiger partial charge in [-0.25, -0.2) is 0 Å². The maximum atomic E-state index is 12.1. The van der Waals surface area contributed by atoms with Crippen molar-refractivity contribution in [1.29, 1.82) is 0 Å². The first-order valence-electron chi connectivity index (χ1n) is 6.46. The first-order valence-corrected chi connectivity index (χ1v) is 6.46. The lowest BCUT2D eigenvalue weighted by atomic mass is 10.0. The van der Waals surface area contributed by atoms with Crippen LogP contribution in [-0.4, -0.2) is 61.8 Å². The number of methoxy groups -OCH3 is 2. The van der Waals surface area contributed by atoms with Gasteiger partial charge in [-0.3, -0.25) is 14.4 Å². The fourth-order valence-electron chi connectivity index (χ4n) is 1.69. The molecule has 7 nitrogen and oxygen atoms in total. The van der Waals surface area contributed by atoms with E-state index in [0.717, 1.165) is 0 Å². The Morgan fingerprint density at radius 3 is 2.30 bits per heavy atom. The highest BCUT2D eigenvalue weighted by Crippen LogP contribution is 2.10. The maximum absolute atomic E-state index is 12.1. The Morgan fingerprint density at radius 1 is 1.15 bits per heavy atom. The second-order valence-corrected chi connectivity index (χ2v) is 4.61. The van der Waals surface area contributed by atoms with Crippen LogP contribution in [0.2, 0.25) is 0 Å². The van der Waals surface area contributed by atoms with Gasteiger partial charge in [0.25, 0.3) is 0 Å². The van der Waals surface area contributed by atoms with Crippen molar-refractivity contribution in [3.63, 3.8) is 0 Å². The number of nitrogens with zero attached hydrogens (tertiary/aromatic N) is 1. The van der Waals surface area contributed by atoms with Gasteiger partial charge in [0.15, 0.2) is 0 Å². The molecule has 0 aliphatic heterocycles. The van der Waals surface area contributed by atoms with Crippen LogP contribution in [0.1, 0.15) is 26.2 Å². The van der Waals surface area contributed by atoms with Crippen LogP contribution < -0.4 is 0 Å². The molecule has 7 heteroatoms. The third-order valence-corrected chi connectivity index (χ3v) is 2.78. The highest BCUT2D eigenvalue weighted by atomic mass is 16.5. The minimum atomic E-state index is -0.927. The van der Waals surface area contributed by atoms with E-state index >= 15 is 0 Å². The summed E-state index contributed by atoms with van der Waals surface area (Å²) >= 11 is 0. The normalized spacial score (nSPS) is 11.8. The standard InChI is InChI=1S/C13H23NO6/c1-10(9-12(16)17)8-11(15)14(6-7-19-2)5-4-13(18)20-3/h10H,4-9H2,1-3H3,(H,16,17). The fraction of sp³-hybridized carbons (Fsp3) is 0.769. The summed E-state index contributed by atoms with van der Waals surface area (Å²) in [7, 11) is 2.81. The van der Waals surface area contributed by atoms with Crippen molar-refractivity contribution in [3.05, 3.63) is 0 Å². The van der Waals surface area contributed by atoms with Crippen LogP contribution in [0.3, 0.4) is 0 Å². The monoisotopic (exact) mass is 289 g/mol. The predicted molar refractivity (Wildman–Crippen MR) is 71.1 cm³/mol. The molecular weight excluding hydrogens is 266 g/mol. The molecule has 0 spiro atoms. The summed E-state index contributed by atoms with van der Waals surface area (Å²) in [6.45, 7) is 2.68. The summed E-state index contributed by atoms with van der Waals surface area (Å²) in [4.78, 5) is 35.3. The Morgan fingerprint density at radius 2 is 1.80 bits per heavy atom. The Kier molecular flexibility index (Phi) is 9.36. The van der Waals surface area contributed by atoms with E-state index in [1.807, 2.05) is 0 Å². The smallest absolute Gasteiger partial charge is 0.307 e. The summed E-state index contributed by atoms with van der Waals surface area (Å²) < 4.78 is 9.45. The second-order valence-electron chi connectivity index (χ2n) is 4.61. The van der Waals surface area contributed by atoms with E-state index < -0.39 is 5.97 Å². The molecule has 20 heavy (non-hydrogen) atoms. The van der Waals surface area contributed by atoms with Crippen LogP contribution in [0.25, 0.3) is 0 Å². The summed E-state index contributed by atoms with van der Waals surface area (Å²) in [5.74, 6) is -1.75. The topological polar surface area (TPSA) is 93.1 Å². The van der Waals surface area contributed by atoms with Gasteiger partial charge in [0.2, 0.25) is 5.91 Å². The number of carboxylic acid groups (broad SMARTS) is 1. The van der Waals surface area contributed by atoms with Gasteiger partial charge in [-0.1, -0.05) is 6.92 Å². The minimum Gasteiger partial charge on any atom is -0.481 e. The zero-order valence-electron chi connectivity index (χ0n) is 12.3. The quantitative estimate of drug-likeness (QED) is 0.589. The molecule has 0 radical (unpaired) electrons. The number of amides is 1. The predicted octanol–water partition coefficient (Wildman–Crippen LogP) is 0.525. The van der Waals surface area contributed by atoms with Gasteiger partial charge in [-0.15, -0.1) is 0 Å². The number of ether oxygens (including phenoxy) is 2. The van der Waals surface area contributed by atoms with Gasteiger partial charge in [0, 0.05) is 33.0 Å². The molecule has 116 valence electrons. The Balaban J connectivity index is 4.39. The van der Waals surface area contributed by atoms with Gasteiger partial charge in [-0.05, 0) is 5.92 Å². The number of carbonyl (C=O) groups excluding carboxylic acids is 2. The maximum Gasteiger partial charge on any atom is 0.307 e. The molecule has 1 N–H and O–H groups in total. The zero-order chi connectivity index (χ0) is 15.5. The molecule has 0 fully saturated rings. The van der Waals surface area contributed by atoms with Crippen LogP contribution in [0.15, 0.2) is 0 Å². The first kappa shape index (κ1) is 18.4. The molecule has 0 aromatic heterocycles. The lowest BCUT2D eigenvalue weighted by molar-refractivity contribution is -0.142. The SMILES string of the molecule is COCCN(CCC(=O)OC)C(=O)CC(C)CC(=O)O. The highest BCUT2D eigenvalue weighted by molar-refractivity contribution is 5.78. The van der Waals surface area contributed by atoms with Crippen LogP contribution in [0.4, 0.5) is 0 Å². The summed E-state index contributed by atoms with van der Waals surface area (Å²) in [5.41, 5.74) is 0. The second kappa shape index (κ2) is 10.2. The molecule has 1 atom stereocenters.